The quantitative estimate of drug-likeness (QED) is 0.427. The number of methoxy groups -OCH3 is 1. The van der Waals surface area contributed by atoms with Gasteiger partial charge in [0, 0.05) is 37.6 Å². The van der Waals surface area contributed by atoms with Crippen LogP contribution in [0.25, 0.3) is 0 Å². The Bertz CT molecular complexity index is 915. The molecule has 11 nitrogen and oxygen atoms in total. The third kappa shape index (κ3) is 4.82. The summed E-state index contributed by atoms with van der Waals surface area (Å²) < 4.78 is 31.9. The molecule has 0 aromatic carbocycles. The van der Waals surface area contributed by atoms with Gasteiger partial charge in [-0.05, 0) is 37.8 Å². The number of nitrogens with zero attached hydrogens (tertiary/aromatic N) is 1. The van der Waals surface area contributed by atoms with Gasteiger partial charge in [-0.25, -0.2) is 14.5 Å². The van der Waals surface area contributed by atoms with Crippen molar-refractivity contribution >= 4 is 27.9 Å². The summed E-state index contributed by atoms with van der Waals surface area (Å²) in [5.41, 5.74) is -0.232. The molecule has 1 atom stereocenters. The number of carbonyl (C=O) groups is 3. The molecule has 3 rings (SSSR count). The van der Waals surface area contributed by atoms with Crippen molar-refractivity contribution in [3.63, 3.8) is 0 Å². The number of carbonyl (C=O) groups excluding carboxylic acids is 3. The third-order valence-corrected chi connectivity index (χ3v) is 6.31. The summed E-state index contributed by atoms with van der Waals surface area (Å²) in [5, 5.41) is 7.16. The van der Waals surface area contributed by atoms with E-state index < -0.39 is 38.9 Å². The summed E-state index contributed by atoms with van der Waals surface area (Å²) in [6.45, 7) is 0.481. The zero-order chi connectivity index (χ0) is 21.1. The average molecular weight is 425 g/mol. The maximum absolute atomic E-state index is 12.6. The van der Waals surface area contributed by atoms with Gasteiger partial charge < -0.3 is 20.7 Å². The van der Waals surface area contributed by atoms with E-state index in [1.165, 1.54) is 12.3 Å². The molecule has 4 N–H and O–H groups in total. The van der Waals surface area contributed by atoms with E-state index in [4.69, 9.17) is 4.74 Å². The van der Waals surface area contributed by atoms with Gasteiger partial charge in [-0.2, -0.15) is 8.42 Å². The molecule has 2 fully saturated rings. The first-order valence-electron chi connectivity index (χ1n) is 9.13. The van der Waals surface area contributed by atoms with Crippen molar-refractivity contribution in [3.05, 3.63) is 23.9 Å². The second-order valence-electron chi connectivity index (χ2n) is 7.09. The molecule has 1 aromatic heterocycles. The van der Waals surface area contributed by atoms with E-state index >= 15 is 0 Å². The lowest BCUT2D eigenvalue weighted by Crippen LogP contribution is -2.54. The molecule has 0 bridgehead atoms. The van der Waals surface area contributed by atoms with Gasteiger partial charge in [0.05, 0.1) is 0 Å². The SMILES string of the molecule is COCCC1(NC(=O)c2ccnc(S(=O)(=O)NC(=O)[C@@H]3CNC(=O)N3)c2)CCC1. The van der Waals surface area contributed by atoms with Crippen LogP contribution in [0.5, 0.6) is 0 Å². The second-order valence-corrected chi connectivity index (χ2v) is 8.72. The summed E-state index contributed by atoms with van der Waals surface area (Å²) >= 11 is 0. The topological polar surface area (TPSA) is 156 Å². The van der Waals surface area contributed by atoms with Crippen molar-refractivity contribution in [2.24, 2.45) is 0 Å². The molecule has 0 unspecified atom stereocenters. The molecule has 1 aliphatic carbocycles. The maximum Gasteiger partial charge on any atom is 0.315 e. The van der Waals surface area contributed by atoms with Crippen molar-refractivity contribution in [2.45, 2.75) is 42.3 Å². The van der Waals surface area contributed by atoms with Gasteiger partial charge in [0.15, 0.2) is 5.03 Å². The lowest BCUT2D eigenvalue weighted by atomic mass is 9.74. The summed E-state index contributed by atoms with van der Waals surface area (Å²) in [7, 11) is -2.72. The minimum absolute atomic E-state index is 0.0282. The van der Waals surface area contributed by atoms with Gasteiger partial charge >= 0.3 is 6.03 Å². The fraction of sp³-hybridized carbons (Fsp3) is 0.529. The molecule has 1 saturated heterocycles. The monoisotopic (exact) mass is 425 g/mol. The minimum Gasteiger partial charge on any atom is -0.385 e. The van der Waals surface area contributed by atoms with E-state index in [2.05, 4.69) is 20.9 Å². The molecule has 1 aromatic rings. The zero-order valence-electron chi connectivity index (χ0n) is 15.9. The fourth-order valence-electron chi connectivity index (χ4n) is 3.22. The van der Waals surface area contributed by atoms with Gasteiger partial charge in [0.2, 0.25) is 0 Å². The van der Waals surface area contributed by atoms with Gasteiger partial charge in [-0.15, -0.1) is 0 Å². The van der Waals surface area contributed by atoms with E-state index in [1.807, 2.05) is 4.72 Å². The van der Waals surface area contributed by atoms with Gasteiger partial charge in [-0.3, -0.25) is 9.59 Å². The van der Waals surface area contributed by atoms with Crippen LogP contribution < -0.4 is 20.7 Å². The van der Waals surface area contributed by atoms with E-state index in [0.717, 1.165) is 25.3 Å². The van der Waals surface area contributed by atoms with E-state index in [-0.39, 0.29) is 17.6 Å². The summed E-state index contributed by atoms with van der Waals surface area (Å²) in [6, 6.07) is 0.944. The van der Waals surface area contributed by atoms with Crippen molar-refractivity contribution in [1.29, 1.82) is 0 Å². The summed E-state index contributed by atoms with van der Waals surface area (Å²) in [5.74, 6) is -1.31. The standard InChI is InChI=1S/C17H23N5O6S/c1-28-8-6-17(4-2-5-17)21-14(23)11-3-7-18-13(9-11)29(26,27)22-15(24)12-10-19-16(25)20-12/h3,7,9,12H,2,4-6,8,10H2,1H3,(H,21,23)(H,22,24)(H2,19,20,25)/t12-/m0/s1. The Labute approximate surface area is 168 Å². The number of urea groups is 1. The normalized spacial score (nSPS) is 20.2. The molecule has 29 heavy (non-hydrogen) atoms. The van der Waals surface area contributed by atoms with Crippen LogP contribution in [-0.4, -0.2) is 63.1 Å². The molecule has 0 radical (unpaired) electrons. The number of amides is 4. The molecular formula is C17H23N5O6S. The van der Waals surface area contributed by atoms with Crippen LogP contribution >= 0.6 is 0 Å². The first-order valence-corrected chi connectivity index (χ1v) is 10.6. The predicted octanol–water partition coefficient (Wildman–Crippen LogP) is -0.743. The van der Waals surface area contributed by atoms with Crippen LogP contribution in [0.15, 0.2) is 23.4 Å². The van der Waals surface area contributed by atoms with E-state index in [9.17, 15) is 22.8 Å². The number of pyridine rings is 1. The van der Waals surface area contributed by atoms with Crippen LogP contribution in [0.3, 0.4) is 0 Å². The number of hydrogen-bond acceptors (Lipinski definition) is 7. The highest BCUT2D eigenvalue weighted by atomic mass is 32.2. The van der Waals surface area contributed by atoms with Crippen molar-refractivity contribution < 1.29 is 27.5 Å². The predicted molar refractivity (Wildman–Crippen MR) is 100 cm³/mol. The first-order chi connectivity index (χ1) is 13.7. The van der Waals surface area contributed by atoms with Crippen LogP contribution in [-0.2, 0) is 19.6 Å². The molecule has 4 amide bonds. The summed E-state index contributed by atoms with van der Waals surface area (Å²) in [6.07, 6.45) is 4.52. The van der Waals surface area contributed by atoms with Crippen LogP contribution in [0.2, 0.25) is 0 Å². The third-order valence-electron chi connectivity index (χ3n) is 5.07. The Morgan fingerprint density at radius 2 is 2.14 bits per heavy atom. The Balaban J connectivity index is 1.70. The van der Waals surface area contributed by atoms with Gasteiger partial charge in [-0.1, -0.05) is 0 Å². The number of sulfonamides is 1. The number of rotatable bonds is 8. The fourth-order valence-corrected chi connectivity index (χ4v) is 4.21. The molecule has 158 valence electrons. The summed E-state index contributed by atoms with van der Waals surface area (Å²) in [4.78, 5) is 39.6. The highest BCUT2D eigenvalue weighted by Gasteiger charge is 2.38. The van der Waals surface area contributed by atoms with Crippen molar-refractivity contribution in [1.82, 2.24) is 25.7 Å². The Hall–Kier alpha value is -2.73. The number of nitrogens with one attached hydrogen (secondary N) is 4. The number of aromatic nitrogens is 1. The largest absolute Gasteiger partial charge is 0.385 e. The van der Waals surface area contributed by atoms with Crippen LogP contribution in [0.1, 0.15) is 36.0 Å². The Morgan fingerprint density at radius 3 is 2.72 bits per heavy atom. The number of ether oxygens (including phenoxy) is 1. The van der Waals surface area contributed by atoms with E-state index in [1.54, 1.807) is 7.11 Å². The van der Waals surface area contributed by atoms with Crippen LogP contribution in [0, 0.1) is 0 Å². The average Bonchev–Trinajstić information content (AvgIpc) is 3.10. The number of hydrogen-bond donors (Lipinski definition) is 4. The molecular weight excluding hydrogens is 402 g/mol. The lowest BCUT2D eigenvalue weighted by Gasteiger charge is -2.42. The van der Waals surface area contributed by atoms with E-state index in [0.29, 0.717) is 13.0 Å². The van der Waals surface area contributed by atoms with Gasteiger partial charge in [0.25, 0.3) is 21.8 Å². The smallest absolute Gasteiger partial charge is 0.315 e. The highest BCUT2D eigenvalue weighted by Crippen LogP contribution is 2.35. The molecule has 1 saturated carbocycles. The highest BCUT2D eigenvalue weighted by molar-refractivity contribution is 7.90. The Kier molecular flexibility index (Phi) is 6.03. The zero-order valence-corrected chi connectivity index (χ0v) is 16.7. The van der Waals surface area contributed by atoms with Crippen molar-refractivity contribution in [3.8, 4) is 0 Å². The molecule has 12 heteroatoms. The van der Waals surface area contributed by atoms with Gasteiger partial charge in [0.1, 0.15) is 6.04 Å². The lowest BCUT2D eigenvalue weighted by molar-refractivity contribution is -0.120. The minimum atomic E-state index is -4.31. The van der Waals surface area contributed by atoms with Crippen LogP contribution in [0.4, 0.5) is 4.79 Å². The maximum atomic E-state index is 12.6. The molecule has 0 spiro atoms. The first kappa shape index (κ1) is 21.0. The molecule has 1 aliphatic heterocycles. The molecule has 2 heterocycles. The van der Waals surface area contributed by atoms with Crippen molar-refractivity contribution in [2.75, 3.05) is 20.3 Å². The second kappa shape index (κ2) is 8.33. The molecule has 2 aliphatic rings. The Morgan fingerprint density at radius 1 is 1.38 bits per heavy atom.